The number of aromatic nitrogens is 4. The highest BCUT2D eigenvalue weighted by atomic mass is 16.2. The molecule has 22 heavy (non-hydrogen) atoms. The van der Waals surface area contributed by atoms with Crippen LogP contribution in [0.1, 0.15) is 17.3 Å². The molecular weight excluding hydrogens is 280 g/mol. The summed E-state index contributed by atoms with van der Waals surface area (Å²) < 4.78 is 1.51. The lowest BCUT2D eigenvalue weighted by atomic mass is 10.2. The predicted molar refractivity (Wildman–Crippen MR) is 83.3 cm³/mol. The van der Waals surface area contributed by atoms with E-state index >= 15 is 0 Å². The number of nitrogens with zero attached hydrogens (tertiary/aromatic N) is 5. The topological polar surface area (TPSA) is 89.4 Å². The van der Waals surface area contributed by atoms with Crippen molar-refractivity contribution in [3.8, 4) is 11.5 Å². The van der Waals surface area contributed by atoms with E-state index < -0.39 is 0 Å². The average Bonchev–Trinajstić information content (AvgIpc) is 2.99. The molecule has 3 rings (SSSR count). The maximum absolute atomic E-state index is 12.2. The second kappa shape index (κ2) is 5.44. The maximum Gasteiger partial charge on any atom is 0.253 e. The Balaban J connectivity index is 2.09. The van der Waals surface area contributed by atoms with Crippen LogP contribution in [0.5, 0.6) is 0 Å². The van der Waals surface area contributed by atoms with Crippen molar-refractivity contribution >= 4 is 17.4 Å². The Morgan fingerprint density at radius 3 is 2.86 bits per heavy atom. The summed E-state index contributed by atoms with van der Waals surface area (Å²) in [5.74, 6) is 0.736. The molecule has 3 heterocycles. The lowest BCUT2D eigenvalue weighted by Crippen LogP contribution is -2.26. The Morgan fingerprint density at radius 1 is 1.36 bits per heavy atom. The second-order valence-corrected chi connectivity index (χ2v) is 4.91. The molecule has 0 fully saturated rings. The van der Waals surface area contributed by atoms with E-state index in [2.05, 4.69) is 15.1 Å². The summed E-state index contributed by atoms with van der Waals surface area (Å²) in [6.07, 6.45) is 1.68. The molecule has 0 saturated heterocycles. The van der Waals surface area contributed by atoms with E-state index in [1.807, 2.05) is 25.1 Å². The summed E-state index contributed by atoms with van der Waals surface area (Å²) in [7, 11) is 1.74. The molecule has 1 amide bonds. The molecule has 0 atom stereocenters. The van der Waals surface area contributed by atoms with Crippen LogP contribution < -0.4 is 5.73 Å². The zero-order valence-corrected chi connectivity index (χ0v) is 12.4. The number of hydrogen-bond donors (Lipinski definition) is 1. The summed E-state index contributed by atoms with van der Waals surface area (Å²) in [5, 5.41) is 4.34. The van der Waals surface area contributed by atoms with Crippen molar-refractivity contribution < 1.29 is 4.79 Å². The molecule has 2 N–H and O–H groups in total. The van der Waals surface area contributed by atoms with Gasteiger partial charge in [0.2, 0.25) is 5.82 Å². The van der Waals surface area contributed by atoms with Gasteiger partial charge in [-0.1, -0.05) is 6.07 Å². The smallest absolute Gasteiger partial charge is 0.253 e. The maximum atomic E-state index is 12.2. The number of carbonyl (C=O) groups excluding carboxylic acids is 1. The first-order valence-corrected chi connectivity index (χ1v) is 6.93. The van der Waals surface area contributed by atoms with Gasteiger partial charge in [-0.2, -0.15) is 4.52 Å². The number of nitrogen functional groups attached to an aromatic ring is 1. The van der Waals surface area contributed by atoms with Crippen molar-refractivity contribution in [2.45, 2.75) is 6.92 Å². The highest BCUT2D eigenvalue weighted by Gasteiger charge is 2.15. The fourth-order valence-electron chi connectivity index (χ4n) is 2.10. The Morgan fingerprint density at radius 2 is 2.18 bits per heavy atom. The van der Waals surface area contributed by atoms with Gasteiger partial charge in [-0.05, 0) is 31.2 Å². The molecule has 7 heteroatoms. The highest BCUT2D eigenvalue weighted by molar-refractivity contribution is 5.95. The molecule has 0 aromatic carbocycles. The van der Waals surface area contributed by atoms with Gasteiger partial charge in [0.05, 0.1) is 0 Å². The van der Waals surface area contributed by atoms with E-state index in [1.54, 1.807) is 30.3 Å². The van der Waals surface area contributed by atoms with Gasteiger partial charge in [0.25, 0.3) is 5.91 Å². The SMILES string of the molecule is CCN(C)C(=O)c1cc(N)n2nc(-c3ccccn3)nc2c1. The van der Waals surface area contributed by atoms with Crippen molar-refractivity contribution in [1.29, 1.82) is 0 Å². The van der Waals surface area contributed by atoms with Gasteiger partial charge in [0, 0.05) is 25.4 Å². The van der Waals surface area contributed by atoms with Crippen LogP contribution in [0.25, 0.3) is 17.2 Å². The van der Waals surface area contributed by atoms with Crippen LogP contribution in [0, 0.1) is 0 Å². The standard InChI is InChI=1S/C15H16N6O/c1-3-20(2)15(22)10-8-12(16)21-13(9-10)18-14(19-21)11-6-4-5-7-17-11/h4-9H,3,16H2,1-2H3. The third-order valence-corrected chi connectivity index (χ3v) is 3.43. The number of pyridine rings is 2. The lowest BCUT2D eigenvalue weighted by molar-refractivity contribution is 0.0802. The van der Waals surface area contributed by atoms with E-state index in [-0.39, 0.29) is 5.91 Å². The van der Waals surface area contributed by atoms with E-state index in [4.69, 9.17) is 5.73 Å². The van der Waals surface area contributed by atoms with Gasteiger partial charge < -0.3 is 10.6 Å². The first-order valence-electron chi connectivity index (χ1n) is 6.93. The van der Waals surface area contributed by atoms with Gasteiger partial charge in [-0.3, -0.25) is 9.78 Å². The van der Waals surface area contributed by atoms with E-state index in [0.29, 0.717) is 35.1 Å². The predicted octanol–water partition coefficient (Wildman–Crippen LogP) is 1.47. The van der Waals surface area contributed by atoms with Crippen LogP contribution in [0.4, 0.5) is 5.82 Å². The summed E-state index contributed by atoms with van der Waals surface area (Å²) in [4.78, 5) is 22.5. The Bertz CT molecular complexity index is 827. The van der Waals surface area contributed by atoms with Gasteiger partial charge in [-0.25, -0.2) is 4.98 Å². The van der Waals surface area contributed by atoms with Crippen LogP contribution in [-0.4, -0.2) is 44.0 Å². The number of anilines is 1. The lowest BCUT2D eigenvalue weighted by Gasteiger charge is -2.14. The molecule has 0 bridgehead atoms. The highest BCUT2D eigenvalue weighted by Crippen LogP contribution is 2.18. The van der Waals surface area contributed by atoms with Gasteiger partial charge in [-0.15, -0.1) is 5.10 Å². The molecule has 0 saturated carbocycles. The fraction of sp³-hybridized carbons (Fsp3) is 0.200. The van der Waals surface area contributed by atoms with Gasteiger partial charge in [0.1, 0.15) is 11.5 Å². The van der Waals surface area contributed by atoms with Gasteiger partial charge >= 0.3 is 0 Å². The number of amides is 1. The largest absolute Gasteiger partial charge is 0.384 e. The second-order valence-electron chi connectivity index (χ2n) is 4.91. The average molecular weight is 296 g/mol. The molecule has 0 unspecified atom stereocenters. The van der Waals surface area contributed by atoms with Gasteiger partial charge in [0.15, 0.2) is 5.65 Å². The van der Waals surface area contributed by atoms with E-state index in [9.17, 15) is 4.79 Å². The molecule has 3 aromatic rings. The first kappa shape index (κ1) is 14.0. The molecule has 7 nitrogen and oxygen atoms in total. The Hall–Kier alpha value is -2.96. The minimum Gasteiger partial charge on any atom is -0.384 e. The zero-order valence-electron chi connectivity index (χ0n) is 12.4. The van der Waals surface area contributed by atoms with Crippen molar-refractivity contribution in [3.63, 3.8) is 0 Å². The summed E-state index contributed by atoms with van der Waals surface area (Å²) >= 11 is 0. The van der Waals surface area contributed by atoms with Crippen LogP contribution in [0.3, 0.4) is 0 Å². The third kappa shape index (κ3) is 2.37. The van der Waals surface area contributed by atoms with Crippen molar-refractivity contribution in [2.75, 3.05) is 19.3 Å². The number of carbonyl (C=O) groups is 1. The van der Waals surface area contributed by atoms with Crippen LogP contribution in [0.15, 0.2) is 36.5 Å². The number of rotatable bonds is 3. The molecule has 0 aliphatic carbocycles. The third-order valence-electron chi connectivity index (χ3n) is 3.43. The van der Waals surface area contributed by atoms with E-state index in [1.165, 1.54) is 4.52 Å². The normalized spacial score (nSPS) is 10.8. The first-order chi connectivity index (χ1) is 10.6. The molecule has 0 spiro atoms. The van der Waals surface area contributed by atoms with Crippen LogP contribution in [-0.2, 0) is 0 Å². The Labute approximate surface area is 127 Å². The van der Waals surface area contributed by atoms with Crippen LogP contribution >= 0.6 is 0 Å². The minimum absolute atomic E-state index is 0.0981. The monoisotopic (exact) mass is 296 g/mol. The molecule has 0 aliphatic rings. The fourth-order valence-corrected chi connectivity index (χ4v) is 2.10. The minimum atomic E-state index is -0.0981. The molecular formula is C15H16N6O. The molecule has 0 radical (unpaired) electrons. The summed E-state index contributed by atoms with van der Waals surface area (Å²) in [6.45, 7) is 2.53. The zero-order chi connectivity index (χ0) is 15.7. The van der Waals surface area contributed by atoms with Crippen LogP contribution in [0.2, 0.25) is 0 Å². The van der Waals surface area contributed by atoms with Crippen molar-refractivity contribution in [1.82, 2.24) is 24.5 Å². The number of nitrogens with two attached hydrogens (primary N) is 1. The number of hydrogen-bond acceptors (Lipinski definition) is 5. The quantitative estimate of drug-likeness (QED) is 0.790. The summed E-state index contributed by atoms with van der Waals surface area (Å²) in [6, 6.07) is 8.80. The summed E-state index contributed by atoms with van der Waals surface area (Å²) in [5.41, 5.74) is 7.67. The van der Waals surface area contributed by atoms with Crippen molar-refractivity contribution in [2.24, 2.45) is 0 Å². The van der Waals surface area contributed by atoms with Crippen molar-refractivity contribution in [3.05, 3.63) is 42.1 Å². The molecule has 3 aromatic heterocycles. The van der Waals surface area contributed by atoms with E-state index in [0.717, 1.165) is 0 Å². The number of fused-ring (bicyclic) bond motifs is 1. The Kier molecular flexibility index (Phi) is 3.46. The molecule has 112 valence electrons. The molecule has 0 aliphatic heterocycles.